The van der Waals surface area contributed by atoms with E-state index >= 15 is 0 Å². The van der Waals surface area contributed by atoms with Gasteiger partial charge in [-0.3, -0.25) is 4.57 Å². The molecule has 0 spiro atoms. The van der Waals surface area contributed by atoms with Gasteiger partial charge < -0.3 is 9.79 Å². The average molecular weight is 286 g/mol. The molecule has 1 aliphatic rings. The van der Waals surface area contributed by atoms with E-state index in [1.807, 2.05) is 0 Å². The van der Waals surface area contributed by atoms with E-state index in [0.29, 0.717) is 0 Å². The summed E-state index contributed by atoms with van der Waals surface area (Å²) in [7, 11) is -3.13. The van der Waals surface area contributed by atoms with Gasteiger partial charge in [0.15, 0.2) is 0 Å². The number of rotatable bonds is 0. The summed E-state index contributed by atoms with van der Waals surface area (Å²) >= 11 is 0. The molecule has 114 valence electrons. The van der Waals surface area contributed by atoms with Crippen molar-refractivity contribution in [2.45, 2.75) is 53.4 Å². The van der Waals surface area contributed by atoms with Gasteiger partial charge in [0, 0.05) is 13.1 Å². The van der Waals surface area contributed by atoms with Crippen molar-refractivity contribution >= 4 is 8.25 Å². The summed E-state index contributed by atoms with van der Waals surface area (Å²) in [5.74, 6) is 0. The third-order valence-corrected chi connectivity index (χ3v) is 2.09. The maximum atomic E-state index is 8.74. The molecule has 1 saturated heterocycles. The minimum absolute atomic E-state index is 0. The topological polar surface area (TPSA) is 106 Å². The minimum Gasteiger partial charge on any atom is -0.326 e. The minimum atomic E-state index is -3.13. The summed E-state index contributed by atoms with van der Waals surface area (Å²) in [6.07, 6.45) is 7.98. The van der Waals surface area contributed by atoms with E-state index in [4.69, 9.17) is 14.4 Å². The van der Waals surface area contributed by atoms with Crippen molar-refractivity contribution in [3.8, 4) is 0 Å². The second kappa shape index (κ2) is 19.3. The highest BCUT2D eigenvalue weighted by Gasteiger charge is 1.93. The van der Waals surface area contributed by atoms with Crippen LogP contribution in [0.15, 0.2) is 0 Å². The van der Waals surface area contributed by atoms with Crippen LogP contribution in [-0.4, -0.2) is 22.9 Å². The predicted octanol–water partition coefficient (Wildman–Crippen LogP) is 1.08. The van der Waals surface area contributed by atoms with E-state index in [1.54, 1.807) is 0 Å². The highest BCUT2D eigenvalue weighted by atomic mass is 31.1. The fourth-order valence-electron chi connectivity index (χ4n) is 1.35. The molecule has 1 heterocycles. The highest BCUT2D eigenvalue weighted by Crippen LogP contribution is 2.04. The maximum absolute atomic E-state index is 8.74. The summed E-state index contributed by atoms with van der Waals surface area (Å²) in [6, 6.07) is 0. The van der Waals surface area contributed by atoms with Crippen molar-refractivity contribution in [3.63, 3.8) is 0 Å². The number of hydrazine groups is 3. The zero-order valence-electron chi connectivity index (χ0n) is 9.46. The Bertz CT molecular complexity index is 128. The second-order valence-corrected chi connectivity index (χ2v) is 4.07. The van der Waals surface area contributed by atoms with Crippen molar-refractivity contribution in [1.29, 1.82) is 0 Å². The number of hydrogen-bond donors (Lipinski definition) is 6. The molecule has 0 aromatic heterocycles. The van der Waals surface area contributed by atoms with E-state index in [2.05, 4.69) is 21.9 Å². The average Bonchev–Trinajstić information content (AvgIpc) is 2.17. The Kier molecular flexibility index (Phi) is 24.8. The zero-order valence-corrected chi connectivity index (χ0v) is 10.5. The van der Waals surface area contributed by atoms with Crippen LogP contribution in [-0.2, 0) is 4.57 Å². The van der Waals surface area contributed by atoms with Gasteiger partial charge in [0.1, 0.15) is 0 Å². The molecular weight excluding hydrogens is 255 g/mol. The Morgan fingerprint density at radius 1 is 0.722 bits per heavy atom. The molecule has 0 atom stereocenters. The largest absolute Gasteiger partial charge is 0.326 e. The van der Waals surface area contributed by atoms with Gasteiger partial charge in [-0.2, -0.15) is 11.1 Å². The van der Waals surface area contributed by atoms with Crippen LogP contribution < -0.4 is 21.9 Å². The van der Waals surface area contributed by atoms with Crippen LogP contribution in [0.2, 0.25) is 0 Å². The van der Waals surface area contributed by atoms with Gasteiger partial charge in [-0.15, -0.1) is 0 Å². The van der Waals surface area contributed by atoms with E-state index in [-0.39, 0.29) is 14.9 Å². The lowest BCUT2D eigenvalue weighted by atomic mass is 10.1. The zero-order chi connectivity index (χ0) is 12.1. The molecule has 0 saturated carbocycles. The van der Waals surface area contributed by atoms with Crippen LogP contribution in [0.5, 0.6) is 0 Å². The van der Waals surface area contributed by atoms with E-state index in [9.17, 15) is 0 Å². The van der Waals surface area contributed by atoms with Crippen LogP contribution in [0.3, 0.4) is 0 Å². The summed E-state index contributed by atoms with van der Waals surface area (Å²) < 4.78 is 8.74. The molecule has 0 aromatic carbocycles. The summed E-state index contributed by atoms with van der Waals surface area (Å²) in [6.45, 7) is 2.07. The first-order valence-electron chi connectivity index (χ1n) is 5.61. The van der Waals surface area contributed by atoms with Crippen molar-refractivity contribution < 1.29 is 14.4 Å². The molecule has 0 aliphatic carbocycles. The van der Waals surface area contributed by atoms with Gasteiger partial charge in [-0.25, -0.2) is 10.9 Å². The first-order chi connectivity index (χ1) is 7.73. The smallest absolute Gasteiger partial charge is 0.314 e. The van der Waals surface area contributed by atoms with Crippen LogP contribution in [0, 0.1) is 0 Å². The summed E-state index contributed by atoms with van der Waals surface area (Å²) in [5, 5.41) is 0. The quantitative estimate of drug-likeness (QED) is 0.370. The Hall–Kier alpha value is -0.0100. The van der Waals surface area contributed by atoms with E-state index < -0.39 is 8.25 Å². The second-order valence-electron chi connectivity index (χ2n) is 3.51. The van der Waals surface area contributed by atoms with Crippen LogP contribution >= 0.6 is 8.25 Å². The van der Waals surface area contributed by atoms with Gasteiger partial charge in [0.2, 0.25) is 0 Å². The van der Waals surface area contributed by atoms with Gasteiger partial charge in [0.25, 0.3) is 0 Å². The third kappa shape index (κ3) is 25.0. The molecule has 0 bridgehead atoms. The van der Waals surface area contributed by atoms with Gasteiger partial charge in [-0.1, -0.05) is 40.5 Å². The van der Waals surface area contributed by atoms with Gasteiger partial charge in [-0.05, 0) is 12.8 Å². The molecule has 1 fully saturated rings. The Morgan fingerprint density at radius 3 is 1.33 bits per heavy atom. The first-order valence-corrected chi connectivity index (χ1v) is 6.91. The molecule has 1 aliphatic heterocycles. The maximum Gasteiger partial charge on any atom is 0.314 e. The van der Waals surface area contributed by atoms with Gasteiger partial charge >= 0.3 is 8.25 Å². The van der Waals surface area contributed by atoms with Crippen LogP contribution in [0.25, 0.3) is 0 Å². The molecule has 0 aromatic rings. The molecular formula is C10H31N4O3P. The molecule has 0 radical (unpaired) electrons. The molecule has 8 heteroatoms. The third-order valence-electron chi connectivity index (χ3n) is 2.09. The van der Waals surface area contributed by atoms with E-state index in [1.165, 1.54) is 38.5 Å². The normalized spacial score (nSPS) is 17.9. The van der Waals surface area contributed by atoms with Crippen molar-refractivity contribution in [1.82, 2.24) is 21.9 Å². The van der Waals surface area contributed by atoms with Crippen molar-refractivity contribution in [2.75, 3.05) is 13.1 Å². The van der Waals surface area contributed by atoms with Gasteiger partial charge in [0.05, 0.1) is 0 Å². The summed E-state index contributed by atoms with van der Waals surface area (Å²) in [5.41, 5.74) is 11.9. The van der Waals surface area contributed by atoms with Crippen molar-refractivity contribution in [3.05, 3.63) is 0 Å². The standard InChI is InChI=1S/C8H20N4.2CH4.H3O3P/c1-2-4-6-8-10-12-11-9-7-5-3-1;;;1-4(2)3/h9-12H,1-8H2;2*1H4;4H,(H2,1,2,3). The van der Waals surface area contributed by atoms with Crippen LogP contribution in [0.1, 0.15) is 53.4 Å². The Balaban J connectivity index is -0.000000332. The van der Waals surface area contributed by atoms with Crippen molar-refractivity contribution in [2.24, 2.45) is 0 Å². The van der Waals surface area contributed by atoms with E-state index in [0.717, 1.165) is 13.1 Å². The molecule has 0 amide bonds. The molecule has 0 unspecified atom stereocenters. The fourth-order valence-corrected chi connectivity index (χ4v) is 1.35. The lowest BCUT2D eigenvalue weighted by Gasteiger charge is -2.11. The molecule has 1 rings (SSSR count). The van der Waals surface area contributed by atoms with Crippen LogP contribution in [0.4, 0.5) is 0 Å². The lowest BCUT2D eigenvalue weighted by Crippen LogP contribution is -2.51. The summed E-state index contributed by atoms with van der Waals surface area (Å²) in [4.78, 5) is 14.3. The number of nitrogens with one attached hydrogen (secondary N) is 4. The molecule has 6 N–H and O–H groups in total. The highest BCUT2D eigenvalue weighted by molar-refractivity contribution is 7.30. The Morgan fingerprint density at radius 2 is 1.00 bits per heavy atom. The molecule has 7 nitrogen and oxygen atoms in total. The predicted molar refractivity (Wildman–Crippen MR) is 76.9 cm³/mol. The lowest BCUT2D eigenvalue weighted by molar-refractivity contribution is 0.354. The number of hydrogen-bond acceptors (Lipinski definition) is 5. The monoisotopic (exact) mass is 286 g/mol. The fraction of sp³-hybridized carbons (Fsp3) is 1.00. The Labute approximate surface area is 112 Å². The molecule has 18 heavy (non-hydrogen) atoms. The SMILES string of the molecule is C.C.C1CCCCNNNNCCC1.O=[PH](O)O. The first kappa shape index (κ1) is 23.1.